The number of aromatic carboxylic acids is 2. The molecule has 1 aromatic heterocycles. The molecule has 1 aromatic carbocycles. The summed E-state index contributed by atoms with van der Waals surface area (Å²) in [4.78, 5) is 37.4. The lowest BCUT2D eigenvalue weighted by Gasteiger charge is -2.16. The number of nitriles is 1. The van der Waals surface area contributed by atoms with Gasteiger partial charge < -0.3 is 30.4 Å². The van der Waals surface area contributed by atoms with Crippen LogP contribution in [0.3, 0.4) is 0 Å². The average molecular weight is 485 g/mol. The summed E-state index contributed by atoms with van der Waals surface area (Å²) in [5, 5.41) is 27.6. The molecule has 11 heteroatoms. The van der Waals surface area contributed by atoms with Crippen molar-refractivity contribution in [3.63, 3.8) is 0 Å². The van der Waals surface area contributed by atoms with E-state index in [0.717, 1.165) is 0 Å². The van der Waals surface area contributed by atoms with E-state index >= 15 is 0 Å². The number of methoxy groups -OCH3 is 1. The fraction of sp³-hybridized carbons (Fsp3) is 0.125. The Labute approximate surface area is 165 Å². The number of rotatable bonds is 6. The molecular formula is C16H12IN3O7. The highest BCUT2D eigenvalue weighted by molar-refractivity contribution is 14.1. The van der Waals surface area contributed by atoms with E-state index in [1.807, 2.05) is 27.6 Å². The minimum absolute atomic E-state index is 0.0770. The average Bonchev–Trinajstić information content (AvgIpc) is 2.58. The summed E-state index contributed by atoms with van der Waals surface area (Å²) in [7, 11) is 1.32. The summed E-state index contributed by atoms with van der Waals surface area (Å²) in [6.45, 7) is -0.260. The molecule has 0 atom stereocenters. The van der Waals surface area contributed by atoms with E-state index in [4.69, 9.17) is 20.5 Å². The quantitative estimate of drug-likeness (QED) is 0.442. The molecule has 0 unspecified atom stereocenters. The van der Waals surface area contributed by atoms with Gasteiger partial charge in [-0.2, -0.15) is 5.26 Å². The van der Waals surface area contributed by atoms with Crippen molar-refractivity contribution in [3.8, 4) is 28.7 Å². The van der Waals surface area contributed by atoms with Crippen LogP contribution in [0.4, 0.5) is 5.82 Å². The Balaban J connectivity index is 2.91. The van der Waals surface area contributed by atoms with E-state index in [0.29, 0.717) is 3.57 Å². The fourth-order valence-electron chi connectivity index (χ4n) is 2.44. The van der Waals surface area contributed by atoms with E-state index in [9.17, 15) is 24.6 Å². The van der Waals surface area contributed by atoms with E-state index in [1.165, 1.54) is 19.2 Å². The van der Waals surface area contributed by atoms with Crippen molar-refractivity contribution in [3.05, 3.63) is 37.2 Å². The number of nitrogens with two attached hydrogens (primary N) is 1. The molecule has 27 heavy (non-hydrogen) atoms. The standard InChI is InChI=1S/C16H12IN3O7/c1-26-8-5-6(4-7(17)12(8)27-3-2-18)9-10(15(22)23)13(19)20-14(21)11(9)16(24)25/h4-5H,3H2,1H3,(H,22,23)(H,24,25)(H3,19,20,21). The second-order valence-electron chi connectivity index (χ2n) is 5.04. The topological polar surface area (TPSA) is 176 Å². The number of aromatic nitrogens is 1. The molecule has 0 saturated carbocycles. The summed E-state index contributed by atoms with van der Waals surface area (Å²) in [5.74, 6) is -3.27. The minimum Gasteiger partial charge on any atom is -0.493 e. The molecule has 0 aliphatic carbocycles. The number of nitrogens with one attached hydrogen (secondary N) is 1. The number of carboxylic acids is 2. The molecule has 0 radical (unpaired) electrons. The largest absolute Gasteiger partial charge is 0.493 e. The van der Waals surface area contributed by atoms with Crippen molar-refractivity contribution in [2.45, 2.75) is 0 Å². The van der Waals surface area contributed by atoms with E-state index < -0.39 is 34.4 Å². The van der Waals surface area contributed by atoms with E-state index in [2.05, 4.69) is 0 Å². The fourth-order valence-corrected chi connectivity index (χ4v) is 3.20. The second kappa shape index (κ2) is 7.96. The lowest BCUT2D eigenvalue weighted by Crippen LogP contribution is -2.24. The monoisotopic (exact) mass is 485 g/mol. The van der Waals surface area contributed by atoms with E-state index in [1.54, 1.807) is 6.07 Å². The lowest BCUT2D eigenvalue weighted by atomic mass is 9.95. The predicted molar refractivity (Wildman–Crippen MR) is 101 cm³/mol. The molecule has 0 bridgehead atoms. The number of ether oxygens (including phenoxy) is 2. The number of nitrogens with zero attached hydrogens (tertiary/aromatic N) is 1. The number of halogens is 1. The Morgan fingerprint density at radius 3 is 2.44 bits per heavy atom. The van der Waals surface area contributed by atoms with Gasteiger partial charge in [0, 0.05) is 5.56 Å². The third-order valence-electron chi connectivity index (χ3n) is 3.47. The number of anilines is 1. The Hall–Kier alpha value is -3.27. The maximum atomic E-state index is 12.1. The highest BCUT2D eigenvalue weighted by Crippen LogP contribution is 2.39. The van der Waals surface area contributed by atoms with Gasteiger partial charge in [0.25, 0.3) is 5.56 Å². The number of nitrogen functional groups attached to an aromatic ring is 1. The summed E-state index contributed by atoms with van der Waals surface area (Å²) in [6.07, 6.45) is 0. The van der Waals surface area contributed by atoms with Crippen molar-refractivity contribution in [2.75, 3.05) is 19.5 Å². The van der Waals surface area contributed by atoms with Gasteiger partial charge in [0.15, 0.2) is 18.1 Å². The number of benzene rings is 1. The molecule has 0 aliphatic heterocycles. The van der Waals surface area contributed by atoms with Crippen molar-refractivity contribution >= 4 is 40.3 Å². The van der Waals surface area contributed by atoms with Gasteiger partial charge in [0.05, 0.1) is 10.7 Å². The first kappa shape index (κ1) is 20.0. The highest BCUT2D eigenvalue weighted by atomic mass is 127. The zero-order chi connectivity index (χ0) is 20.3. The Morgan fingerprint density at radius 1 is 1.30 bits per heavy atom. The number of hydrogen-bond donors (Lipinski definition) is 4. The maximum absolute atomic E-state index is 12.1. The molecule has 5 N–H and O–H groups in total. The van der Waals surface area contributed by atoms with E-state index in [-0.39, 0.29) is 29.2 Å². The van der Waals surface area contributed by atoms with Gasteiger partial charge in [-0.25, -0.2) is 9.59 Å². The first-order valence-electron chi connectivity index (χ1n) is 7.12. The van der Waals surface area contributed by atoms with Crippen LogP contribution in [0, 0.1) is 14.9 Å². The Kier molecular flexibility index (Phi) is 5.91. The maximum Gasteiger partial charge on any atom is 0.342 e. The molecule has 0 fully saturated rings. The van der Waals surface area contributed by atoms with Crippen LogP contribution in [0.25, 0.3) is 11.1 Å². The van der Waals surface area contributed by atoms with Crippen LogP contribution < -0.4 is 20.8 Å². The second-order valence-corrected chi connectivity index (χ2v) is 6.20. The van der Waals surface area contributed by atoms with Crippen LogP contribution in [0.5, 0.6) is 11.5 Å². The van der Waals surface area contributed by atoms with Crippen LogP contribution >= 0.6 is 22.6 Å². The number of carboxylic acid groups (broad SMARTS) is 2. The van der Waals surface area contributed by atoms with Crippen LogP contribution in [0.1, 0.15) is 20.7 Å². The SMILES string of the molecule is COc1cc(-c2c(C(=O)O)c(N)[nH]c(=O)c2C(=O)O)cc(I)c1OCC#N. The minimum atomic E-state index is -1.62. The third-order valence-corrected chi connectivity index (χ3v) is 4.27. The van der Waals surface area contributed by atoms with Crippen molar-refractivity contribution in [1.29, 1.82) is 5.26 Å². The number of H-pyrrole nitrogens is 1. The first-order valence-corrected chi connectivity index (χ1v) is 8.20. The van der Waals surface area contributed by atoms with Crippen LogP contribution in [0.2, 0.25) is 0 Å². The molecule has 2 rings (SSSR count). The molecule has 2 aromatic rings. The smallest absolute Gasteiger partial charge is 0.342 e. The molecular weight excluding hydrogens is 473 g/mol. The third kappa shape index (κ3) is 3.80. The molecule has 140 valence electrons. The Bertz CT molecular complexity index is 1040. The number of hydrogen-bond acceptors (Lipinski definition) is 7. The summed E-state index contributed by atoms with van der Waals surface area (Å²) in [6, 6.07) is 4.52. The number of carbonyl (C=O) groups is 2. The number of pyridine rings is 1. The number of aromatic amines is 1. The van der Waals surface area contributed by atoms with Crippen LogP contribution in [-0.4, -0.2) is 40.9 Å². The van der Waals surface area contributed by atoms with Gasteiger partial charge in [0.1, 0.15) is 23.0 Å². The lowest BCUT2D eigenvalue weighted by molar-refractivity contribution is 0.0695. The van der Waals surface area contributed by atoms with Crippen molar-refractivity contribution in [1.82, 2.24) is 4.98 Å². The molecule has 0 saturated heterocycles. The summed E-state index contributed by atoms with van der Waals surface area (Å²) in [5.41, 5.74) is 2.95. The van der Waals surface area contributed by atoms with Crippen LogP contribution in [0.15, 0.2) is 16.9 Å². The predicted octanol–water partition coefficient (Wildman–Crippen LogP) is 1.54. The van der Waals surface area contributed by atoms with Gasteiger partial charge in [-0.05, 0) is 40.3 Å². The van der Waals surface area contributed by atoms with Gasteiger partial charge in [0.2, 0.25) is 0 Å². The molecule has 10 nitrogen and oxygen atoms in total. The van der Waals surface area contributed by atoms with Crippen LogP contribution in [-0.2, 0) is 0 Å². The normalized spacial score (nSPS) is 10.1. The van der Waals surface area contributed by atoms with Crippen molar-refractivity contribution < 1.29 is 29.3 Å². The molecule has 0 amide bonds. The van der Waals surface area contributed by atoms with Gasteiger partial charge in [-0.15, -0.1) is 0 Å². The zero-order valence-corrected chi connectivity index (χ0v) is 15.9. The van der Waals surface area contributed by atoms with Gasteiger partial charge in [-0.1, -0.05) is 0 Å². The molecule has 1 heterocycles. The van der Waals surface area contributed by atoms with Gasteiger partial charge in [-0.3, -0.25) is 4.79 Å². The highest BCUT2D eigenvalue weighted by Gasteiger charge is 2.28. The zero-order valence-electron chi connectivity index (χ0n) is 13.7. The first-order chi connectivity index (χ1) is 12.7. The Morgan fingerprint density at radius 2 is 1.93 bits per heavy atom. The van der Waals surface area contributed by atoms with Gasteiger partial charge >= 0.3 is 11.9 Å². The van der Waals surface area contributed by atoms with Crippen molar-refractivity contribution in [2.24, 2.45) is 0 Å². The summed E-state index contributed by atoms with van der Waals surface area (Å²) >= 11 is 1.85. The molecule has 0 aliphatic rings. The summed E-state index contributed by atoms with van der Waals surface area (Å²) < 4.78 is 10.9. The molecule has 0 spiro atoms.